The lowest BCUT2D eigenvalue weighted by Crippen LogP contribution is -2.15. The number of benzene rings is 1. The number of amides is 1. The first-order valence-electron chi connectivity index (χ1n) is 7.12. The zero-order chi connectivity index (χ0) is 18.6. The van der Waals surface area contributed by atoms with E-state index in [9.17, 15) is 23.6 Å². The number of Topliss-reactive ketones (excluding diaryl/α,β-unsaturated/α-hetero) is 1. The van der Waals surface area contributed by atoms with Crippen LogP contribution in [0.2, 0.25) is 0 Å². The number of aromatic nitrogens is 1. The highest BCUT2D eigenvalue weighted by atomic mass is 32.2. The minimum absolute atomic E-state index is 0.128. The molecule has 0 aliphatic heterocycles. The molecule has 2 rings (SSSR count). The summed E-state index contributed by atoms with van der Waals surface area (Å²) in [6, 6.07) is 6.20. The molecular weight excluding hydrogens is 348 g/mol. The van der Waals surface area contributed by atoms with Crippen LogP contribution in [0.1, 0.15) is 28.5 Å². The molecule has 0 atom stereocenters. The molecule has 0 aliphatic carbocycles. The lowest BCUT2D eigenvalue weighted by molar-refractivity contribution is -0.113. The van der Waals surface area contributed by atoms with E-state index in [4.69, 9.17) is 0 Å². The minimum atomic E-state index is -0.879. The van der Waals surface area contributed by atoms with E-state index >= 15 is 0 Å². The molecule has 0 saturated carbocycles. The van der Waals surface area contributed by atoms with Crippen LogP contribution in [0.5, 0.6) is 0 Å². The number of hydrogen-bond acceptors (Lipinski definition) is 5. The quantitative estimate of drug-likeness (QED) is 0.651. The van der Waals surface area contributed by atoms with Gasteiger partial charge in [0.2, 0.25) is 5.91 Å². The first-order chi connectivity index (χ1) is 11.8. The molecule has 0 radical (unpaired) electrons. The second-order valence-corrected chi connectivity index (χ2v) is 6.07. The molecule has 0 aliphatic rings. The highest BCUT2D eigenvalue weighted by Gasteiger charge is 2.15. The number of carbonyl (C=O) groups is 2. The topological polar surface area (TPSA) is 82.8 Å². The van der Waals surface area contributed by atoms with E-state index in [2.05, 4.69) is 10.3 Å². The van der Waals surface area contributed by atoms with Crippen LogP contribution in [0.15, 0.2) is 29.3 Å². The molecule has 25 heavy (non-hydrogen) atoms. The van der Waals surface area contributed by atoms with Crippen LogP contribution in [-0.4, -0.2) is 22.4 Å². The summed E-state index contributed by atoms with van der Waals surface area (Å²) in [7, 11) is 0. The van der Waals surface area contributed by atoms with Crippen molar-refractivity contribution in [2.24, 2.45) is 0 Å². The van der Waals surface area contributed by atoms with Gasteiger partial charge in [0.25, 0.3) is 0 Å². The van der Waals surface area contributed by atoms with Crippen LogP contribution >= 0.6 is 11.8 Å². The highest BCUT2D eigenvalue weighted by molar-refractivity contribution is 8.00. The molecule has 1 aromatic carbocycles. The Hall–Kier alpha value is -2.79. The smallest absolute Gasteiger partial charge is 0.234 e. The Labute approximate surface area is 147 Å². The number of nitriles is 1. The second-order valence-electron chi connectivity index (χ2n) is 5.10. The molecule has 1 N–H and O–H groups in total. The Balaban J connectivity index is 2.10. The molecule has 1 heterocycles. The lowest BCUT2D eigenvalue weighted by atomic mass is 10.1. The normalized spacial score (nSPS) is 10.2. The third-order valence-electron chi connectivity index (χ3n) is 3.22. The predicted molar refractivity (Wildman–Crippen MR) is 89.4 cm³/mol. The molecule has 128 valence electrons. The molecule has 2 aromatic rings. The van der Waals surface area contributed by atoms with Crippen LogP contribution in [0.25, 0.3) is 0 Å². The summed E-state index contributed by atoms with van der Waals surface area (Å²) < 4.78 is 26.4. The van der Waals surface area contributed by atoms with Crippen LogP contribution in [-0.2, 0) is 4.79 Å². The van der Waals surface area contributed by atoms with Gasteiger partial charge in [0.15, 0.2) is 5.78 Å². The SMILES string of the molecule is CC(=O)c1cc(C#N)c(SCC(=O)Nc2ccc(F)cc2F)nc1C. The van der Waals surface area contributed by atoms with Crippen molar-refractivity contribution in [3.05, 3.63) is 52.7 Å². The fourth-order valence-corrected chi connectivity index (χ4v) is 2.84. The van der Waals surface area contributed by atoms with Crippen LogP contribution in [0.3, 0.4) is 0 Å². The maximum atomic E-state index is 13.5. The van der Waals surface area contributed by atoms with Crippen molar-refractivity contribution in [1.29, 1.82) is 5.26 Å². The minimum Gasteiger partial charge on any atom is -0.323 e. The van der Waals surface area contributed by atoms with Crippen molar-refractivity contribution in [3.8, 4) is 6.07 Å². The number of nitrogens with one attached hydrogen (secondary N) is 1. The standard InChI is InChI=1S/C17H13F2N3O2S/c1-9-13(10(2)23)5-11(7-20)17(21-9)25-8-16(24)22-15-4-3-12(18)6-14(15)19/h3-6H,8H2,1-2H3,(H,22,24). The molecule has 0 unspecified atom stereocenters. The van der Waals surface area contributed by atoms with Gasteiger partial charge >= 0.3 is 0 Å². The van der Waals surface area contributed by atoms with Crippen molar-refractivity contribution >= 4 is 29.1 Å². The Morgan fingerprint density at radius 2 is 2.04 bits per heavy atom. The third kappa shape index (κ3) is 4.61. The van der Waals surface area contributed by atoms with Crippen LogP contribution in [0, 0.1) is 29.9 Å². The van der Waals surface area contributed by atoms with Crippen molar-refractivity contribution in [1.82, 2.24) is 4.98 Å². The highest BCUT2D eigenvalue weighted by Crippen LogP contribution is 2.23. The summed E-state index contributed by atoms with van der Waals surface area (Å²) in [6.07, 6.45) is 0. The number of carbonyl (C=O) groups excluding carboxylic acids is 2. The molecule has 0 spiro atoms. The Bertz CT molecular complexity index is 894. The van der Waals surface area contributed by atoms with E-state index in [0.717, 1.165) is 23.9 Å². The first-order valence-corrected chi connectivity index (χ1v) is 8.10. The molecular formula is C17H13F2N3O2S. The van der Waals surface area contributed by atoms with Gasteiger partial charge in [-0.25, -0.2) is 13.8 Å². The number of anilines is 1. The predicted octanol–water partition coefficient (Wildman–Crippen LogP) is 3.47. The van der Waals surface area contributed by atoms with Gasteiger partial charge in [0, 0.05) is 17.3 Å². The Morgan fingerprint density at radius 1 is 1.32 bits per heavy atom. The van der Waals surface area contributed by atoms with Crippen molar-refractivity contribution < 1.29 is 18.4 Å². The second kappa shape index (κ2) is 7.85. The average Bonchev–Trinajstić information content (AvgIpc) is 2.55. The summed E-state index contributed by atoms with van der Waals surface area (Å²) in [6.45, 7) is 3.01. The lowest BCUT2D eigenvalue weighted by Gasteiger charge is -2.09. The van der Waals surface area contributed by atoms with E-state index in [0.29, 0.717) is 22.3 Å². The van der Waals surface area contributed by atoms with Gasteiger partial charge in [-0.3, -0.25) is 9.59 Å². The Kier molecular flexibility index (Phi) is 5.83. The zero-order valence-corrected chi connectivity index (χ0v) is 14.2. The molecule has 1 amide bonds. The fraction of sp³-hybridized carbons (Fsp3) is 0.176. The van der Waals surface area contributed by atoms with E-state index < -0.39 is 17.5 Å². The first kappa shape index (κ1) is 18.5. The monoisotopic (exact) mass is 361 g/mol. The summed E-state index contributed by atoms with van der Waals surface area (Å²) in [4.78, 5) is 27.6. The number of hydrogen-bond donors (Lipinski definition) is 1. The molecule has 0 bridgehead atoms. The maximum absolute atomic E-state index is 13.5. The van der Waals surface area contributed by atoms with E-state index in [1.54, 1.807) is 6.92 Å². The number of nitrogens with zero attached hydrogens (tertiary/aromatic N) is 2. The van der Waals surface area contributed by atoms with Crippen LogP contribution < -0.4 is 5.32 Å². The maximum Gasteiger partial charge on any atom is 0.234 e. The third-order valence-corrected chi connectivity index (χ3v) is 4.21. The fourth-order valence-electron chi connectivity index (χ4n) is 2.04. The summed E-state index contributed by atoms with van der Waals surface area (Å²) in [5.74, 6) is -2.49. The van der Waals surface area contributed by atoms with E-state index in [-0.39, 0.29) is 22.8 Å². The number of halogens is 2. The number of thioether (sulfide) groups is 1. The number of rotatable bonds is 5. The summed E-state index contributed by atoms with van der Waals surface area (Å²) in [5, 5.41) is 11.8. The molecule has 5 nitrogen and oxygen atoms in total. The van der Waals surface area contributed by atoms with Gasteiger partial charge in [0.05, 0.1) is 17.0 Å². The van der Waals surface area contributed by atoms with Gasteiger partial charge in [-0.15, -0.1) is 0 Å². The van der Waals surface area contributed by atoms with Gasteiger partial charge < -0.3 is 5.32 Å². The molecule has 8 heteroatoms. The number of ketones is 1. The van der Waals surface area contributed by atoms with Crippen molar-refractivity contribution in [2.75, 3.05) is 11.1 Å². The molecule has 0 saturated heterocycles. The van der Waals surface area contributed by atoms with E-state index in [1.807, 2.05) is 6.07 Å². The zero-order valence-electron chi connectivity index (χ0n) is 13.4. The van der Waals surface area contributed by atoms with Gasteiger partial charge in [-0.2, -0.15) is 5.26 Å². The summed E-state index contributed by atoms with van der Waals surface area (Å²) >= 11 is 0.989. The van der Waals surface area contributed by atoms with E-state index in [1.165, 1.54) is 13.0 Å². The number of aryl methyl sites for hydroxylation is 1. The van der Waals surface area contributed by atoms with Gasteiger partial charge in [-0.05, 0) is 32.0 Å². The number of pyridine rings is 1. The van der Waals surface area contributed by atoms with Crippen LogP contribution in [0.4, 0.5) is 14.5 Å². The molecule has 0 fully saturated rings. The largest absolute Gasteiger partial charge is 0.323 e. The van der Waals surface area contributed by atoms with Gasteiger partial charge in [0.1, 0.15) is 22.7 Å². The Morgan fingerprint density at radius 3 is 2.64 bits per heavy atom. The van der Waals surface area contributed by atoms with Gasteiger partial charge in [-0.1, -0.05) is 11.8 Å². The van der Waals surface area contributed by atoms with Crippen molar-refractivity contribution in [3.63, 3.8) is 0 Å². The molecule has 1 aromatic heterocycles. The average molecular weight is 361 g/mol. The van der Waals surface area contributed by atoms with Crippen molar-refractivity contribution in [2.45, 2.75) is 18.9 Å². The summed E-state index contributed by atoms with van der Waals surface area (Å²) in [5.41, 5.74) is 0.850.